The summed E-state index contributed by atoms with van der Waals surface area (Å²) in [5.41, 5.74) is 3.30. The van der Waals surface area contributed by atoms with Gasteiger partial charge in [0.05, 0.1) is 5.69 Å². The van der Waals surface area contributed by atoms with Crippen LogP contribution in [-0.2, 0) is 11.8 Å². The summed E-state index contributed by atoms with van der Waals surface area (Å²) in [4.78, 5) is 11.8. The highest BCUT2D eigenvalue weighted by Gasteiger charge is 2.31. The molecule has 2 heterocycles. The van der Waals surface area contributed by atoms with Crippen molar-refractivity contribution >= 4 is 11.7 Å². The molecular formula is C14H15N3O. The van der Waals surface area contributed by atoms with Crippen LogP contribution in [0, 0.1) is 6.92 Å². The average molecular weight is 241 g/mol. The van der Waals surface area contributed by atoms with Gasteiger partial charge in [0.15, 0.2) is 0 Å². The lowest BCUT2D eigenvalue weighted by Gasteiger charge is -2.23. The van der Waals surface area contributed by atoms with Crippen LogP contribution >= 0.6 is 0 Å². The molecule has 1 N–H and O–H groups in total. The summed E-state index contributed by atoms with van der Waals surface area (Å²) in [5.74, 6) is 1.00. The highest BCUT2D eigenvalue weighted by atomic mass is 16.1. The molecule has 0 fully saturated rings. The molecule has 1 amide bonds. The molecule has 0 spiro atoms. The standard InChI is InChI=1S/C14H15N3O/c1-9-13-11(10-6-4-3-5-7-10)8-12(18)15-14(13)17(2)16-9/h3-7,11H,8H2,1-2H3,(H,15,18). The maximum atomic E-state index is 11.8. The van der Waals surface area contributed by atoms with E-state index in [-0.39, 0.29) is 11.8 Å². The summed E-state index contributed by atoms with van der Waals surface area (Å²) in [5, 5.41) is 7.32. The third-order valence-electron chi connectivity index (χ3n) is 3.47. The van der Waals surface area contributed by atoms with Crippen LogP contribution in [0.15, 0.2) is 30.3 Å². The van der Waals surface area contributed by atoms with Crippen molar-refractivity contribution in [3.05, 3.63) is 47.2 Å². The largest absolute Gasteiger partial charge is 0.311 e. The van der Waals surface area contributed by atoms with Gasteiger partial charge < -0.3 is 5.32 Å². The predicted octanol–water partition coefficient (Wildman–Crippen LogP) is 2.20. The smallest absolute Gasteiger partial charge is 0.226 e. The lowest BCUT2D eigenvalue weighted by Crippen LogP contribution is -2.24. The van der Waals surface area contributed by atoms with E-state index in [1.807, 2.05) is 32.2 Å². The number of hydrogen-bond acceptors (Lipinski definition) is 2. The maximum absolute atomic E-state index is 11.8. The van der Waals surface area contributed by atoms with E-state index in [0.717, 1.165) is 17.1 Å². The molecule has 1 aliphatic heterocycles. The number of aryl methyl sites for hydroxylation is 2. The van der Waals surface area contributed by atoms with Crippen molar-refractivity contribution in [2.45, 2.75) is 19.3 Å². The first-order valence-corrected chi connectivity index (χ1v) is 6.05. The molecule has 1 aliphatic rings. The number of amides is 1. The van der Waals surface area contributed by atoms with Crippen molar-refractivity contribution in [3.63, 3.8) is 0 Å². The summed E-state index contributed by atoms with van der Waals surface area (Å²) in [6.45, 7) is 1.99. The number of fused-ring (bicyclic) bond motifs is 1. The van der Waals surface area contributed by atoms with Gasteiger partial charge in [-0.25, -0.2) is 0 Å². The Balaban J connectivity index is 2.16. The molecule has 0 radical (unpaired) electrons. The summed E-state index contributed by atoms with van der Waals surface area (Å²) in [7, 11) is 1.86. The average Bonchev–Trinajstić information content (AvgIpc) is 2.65. The fraction of sp³-hybridized carbons (Fsp3) is 0.286. The van der Waals surface area contributed by atoms with E-state index in [9.17, 15) is 4.79 Å². The number of carbonyl (C=O) groups is 1. The lowest BCUT2D eigenvalue weighted by molar-refractivity contribution is -0.116. The van der Waals surface area contributed by atoms with Gasteiger partial charge in [-0.2, -0.15) is 5.10 Å². The SMILES string of the molecule is Cc1nn(C)c2c1C(c1ccccc1)CC(=O)N2. The molecule has 1 atom stereocenters. The first kappa shape index (κ1) is 11.0. The van der Waals surface area contributed by atoms with Crippen molar-refractivity contribution in [3.8, 4) is 0 Å². The summed E-state index contributed by atoms with van der Waals surface area (Å²) >= 11 is 0. The predicted molar refractivity (Wildman–Crippen MR) is 69.5 cm³/mol. The Morgan fingerprint density at radius 3 is 2.78 bits per heavy atom. The summed E-state index contributed by atoms with van der Waals surface area (Å²) in [6, 6.07) is 10.1. The molecule has 2 aromatic rings. The van der Waals surface area contributed by atoms with Crippen LogP contribution in [0.3, 0.4) is 0 Å². The number of nitrogens with zero attached hydrogens (tertiary/aromatic N) is 2. The number of benzene rings is 1. The van der Waals surface area contributed by atoms with Crippen LogP contribution in [0.5, 0.6) is 0 Å². The summed E-state index contributed by atoms with van der Waals surface area (Å²) < 4.78 is 1.75. The fourth-order valence-corrected chi connectivity index (χ4v) is 2.68. The van der Waals surface area contributed by atoms with Gasteiger partial charge in [-0.1, -0.05) is 30.3 Å². The zero-order chi connectivity index (χ0) is 12.7. The van der Waals surface area contributed by atoms with E-state index in [1.54, 1.807) is 4.68 Å². The van der Waals surface area contributed by atoms with Gasteiger partial charge >= 0.3 is 0 Å². The molecule has 0 aliphatic carbocycles. The molecule has 0 bridgehead atoms. The van der Waals surface area contributed by atoms with Crippen molar-refractivity contribution in [2.75, 3.05) is 5.32 Å². The van der Waals surface area contributed by atoms with E-state index in [2.05, 4.69) is 22.5 Å². The molecule has 92 valence electrons. The van der Waals surface area contributed by atoms with E-state index in [1.165, 1.54) is 5.56 Å². The fourth-order valence-electron chi connectivity index (χ4n) is 2.68. The Morgan fingerprint density at radius 2 is 2.06 bits per heavy atom. The van der Waals surface area contributed by atoms with Crippen molar-refractivity contribution in [1.82, 2.24) is 9.78 Å². The summed E-state index contributed by atoms with van der Waals surface area (Å²) in [6.07, 6.45) is 0.490. The van der Waals surface area contributed by atoms with Gasteiger partial charge in [-0.05, 0) is 12.5 Å². The third kappa shape index (κ3) is 1.61. The van der Waals surface area contributed by atoms with Gasteiger partial charge in [0, 0.05) is 24.9 Å². The first-order valence-electron chi connectivity index (χ1n) is 6.05. The second-order valence-corrected chi connectivity index (χ2v) is 4.69. The number of carbonyl (C=O) groups excluding carboxylic acids is 1. The quantitative estimate of drug-likeness (QED) is 0.832. The normalized spacial score (nSPS) is 18.3. The van der Waals surface area contributed by atoms with Crippen LogP contribution in [0.4, 0.5) is 5.82 Å². The van der Waals surface area contributed by atoms with Gasteiger partial charge in [0.25, 0.3) is 0 Å². The van der Waals surface area contributed by atoms with Crippen molar-refractivity contribution in [1.29, 1.82) is 0 Å². The molecule has 4 heteroatoms. The minimum atomic E-state index is 0.0550. The molecule has 1 unspecified atom stereocenters. The maximum Gasteiger partial charge on any atom is 0.226 e. The number of nitrogens with one attached hydrogen (secondary N) is 1. The minimum absolute atomic E-state index is 0.0550. The van der Waals surface area contributed by atoms with Gasteiger partial charge in [-0.15, -0.1) is 0 Å². The van der Waals surface area contributed by atoms with Gasteiger partial charge in [0.1, 0.15) is 5.82 Å². The molecule has 0 saturated carbocycles. The van der Waals surface area contributed by atoms with Crippen LogP contribution in [-0.4, -0.2) is 15.7 Å². The van der Waals surface area contributed by atoms with Crippen LogP contribution < -0.4 is 5.32 Å². The Labute approximate surface area is 106 Å². The third-order valence-corrected chi connectivity index (χ3v) is 3.47. The first-order chi connectivity index (χ1) is 8.66. The molecule has 1 aromatic heterocycles. The lowest BCUT2D eigenvalue weighted by atomic mass is 9.86. The highest BCUT2D eigenvalue weighted by molar-refractivity contribution is 5.94. The second kappa shape index (κ2) is 3.98. The number of anilines is 1. The second-order valence-electron chi connectivity index (χ2n) is 4.69. The Bertz CT molecular complexity index is 601. The van der Waals surface area contributed by atoms with Gasteiger partial charge in [0.2, 0.25) is 5.91 Å². The highest BCUT2D eigenvalue weighted by Crippen LogP contribution is 2.38. The molecule has 4 nitrogen and oxygen atoms in total. The minimum Gasteiger partial charge on any atom is -0.311 e. The zero-order valence-corrected chi connectivity index (χ0v) is 10.5. The molecular weight excluding hydrogens is 226 g/mol. The van der Waals surface area contributed by atoms with E-state index < -0.39 is 0 Å². The van der Waals surface area contributed by atoms with Crippen LogP contribution in [0.2, 0.25) is 0 Å². The molecule has 18 heavy (non-hydrogen) atoms. The monoisotopic (exact) mass is 241 g/mol. The zero-order valence-electron chi connectivity index (χ0n) is 10.5. The Hall–Kier alpha value is -2.10. The van der Waals surface area contributed by atoms with E-state index >= 15 is 0 Å². The number of aromatic nitrogens is 2. The van der Waals surface area contributed by atoms with Crippen molar-refractivity contribution in [2.24, 2.45) is 7.05 Å². The van der Waals surface area contributed by atoms with Crippen LogP contribution in [0.1, 0.15) is 29.2 Å². The molecule has 0 saturated heterocycles. The number of hydrogen-bond donors (Lipinski definition) is 1. The van der Waals surface area contributed by atoms with E-state index in [4.69, 9.17) is 0 Å². The van der Waals surface area contributed by atoms with E-state index in [0.29, 0.717) is 6.42 Å². The molecule has 3 rings (SSSR count). The Morgan fingerprint density at radius 1 is 1.33 bits per heavy atom. The Kier molecular flexibility index (Phi) is 2.44. The topological polar surface area (TPSA) is 46.9 Å². The number of rotatable bonds is 1. The van der Waals surface area contributed by atoms with Crippen molar-refractivity contribution < 1.29 is 4.79 Å². The van der Waals surface area contributed by atoms with Crippen LogP contribution in [0.25, 0.3) is 0 Å². The molecule has 1 aromatic carbocycles. The van der Waals surface area contributed by atoms with Gasteiger partial charge in [-0.3, -0.25) is 9.48 Å².